The number of rotatable bonds is 7. The highest BCUT2D eigenvalue weighted by atomic mass is 32.2. The summed E-state index contributed by atoms with van der Waals surface area (Å²) in [7, 11) is -3.29. The highest BCUT2D eigenvalue weighted by Crippen LogP contribution is 1.95. The molecular formula is C7H19N3O2S. The molecule has 0 aliphatic rings. The van der Waals surface area contributed by atoms with Crippen LogP contribution in [0, 0.1) is 0 Å². The van der Waals surface area contributed by atoms with Gasteiger partial charge >= 0.3 is 0 Å². The summed E-state index contributed by atoms with van der Waals surface area (Å²) in [6.45, 7) is 5.36. The topological polar surface area (TPSA) is 75.4 Å². The zero-order valence-corrected chi connectivity index (χ0v) is 9.10. The Morgan fingerprint density at radius 2 is 2.00 bits per heavy atom. The quantitative estimate of drug-likeness (QED) is 0.594. The van der Waals surface area contributed by atoms with Gasteiger partial charge in [-0.25, -0.2) is 4.72 Å². The average Bonchev–Trinajstić information content (AvgIpc) is 2.10. The van der Waals surface area contributed by atoms with E-state index in [4.69, 9.17) is 5.73 Å². The minimum atomic E-state index is -3.29. The van der Waals surface area contributed by atoms with Gasteiger partial charge in [-0.2, -0.15) is 12.7 Å². The molecule has 0 unspecified atom stereocenters. The molecule has 80 valence electrons. The Morgan fingerprint density at radius 1 is 1.38 bits per heavy atom. The summed E-state index contributed by atoms with van der Waals surface area (Å²) in [5.41, 5.74) is 5.30. The van der Waals surface area contributed by atoms with Crippen LogP contribution in [0.2, 0.25) is 0 Å². The second-order valence-electron chi connectivity index (χ2n) is 2.68. The Labute approximate surface area is 80.5 Å². The Balaban J connectivity index is 4.21. The summed E-state index contributed by atoms with van der Waals surface area (Å²) in [6, 6.07) is 0. The van der Waals surface area contributed by atoms with Gasteiger partial charge in [0.2, 0.25) is 0 Å². The maximum absolute atomic E-state index is 11.5. The zero-order chi connectivity index (χ0) is 10.3. The largest absolute Gasteiger partial charge is 0.329 e. The van der Waals surface area contributed by atoms with E-state index in [1.54, 1.807) is 6.92 Å². The van der Waals surface area contributed by atoms with E-state index in [-0.39, 0.29) is 0 Å². The van der Waals surface area contributed by atoms with Crippen molar-refractivity contribution < 1.29 is 8.42 Å². The molecule has 13 heavy (non-hydrogen) atoms. The van der Waals surface area contributed by atoms with Gasteiger partial charge in [-0.3, -0.25) is 0 Å². The molecule has 0 saturated heterocycles. The monoisotopic (exact) mass is 209 g/mol. The molecule has 0 aromatic carbocycles. The Kier molecular flexibility index (Phi) is 6.23. The first-order valence-corrected chi connectivity index (χ1v) is 5.97. The first-order valence-electron chi connectivity index (χ1n) is 4.53. The molecule has 0 aliphatic heterocycles. The van der Waals surface area contributed by atoms with Crippen molar-refractivity contribution in [2.75, 3.05) is 26.2 Å². The van der Waals surface area contributed by atoms with E-state index in [0.29, 0.717) is 26.2 Å². The van der Waals surface area contributed by atoms with Crippen LogP contribution >= 0.6 is 0 Å². The predicted molar refractivity (Wildman–Crippen MR) is 53.5 cm³/mol. The molecule has 0 bridgehead atoms. The van der Waals surface area contributed by atoms with Crippen LogP contribution in [0.3, 0.4) is 0 Å². The predicted octanol–water partition coefficient (Wildman–Crippen LogP) is -0.489. The molecule has 0 aliphatic carbocycles. The van der Waals surface area contributed by atoms with E-state index >= 15 is 0 Å². The van der Waals surface area contributed by atoms with E-state index in [0.717, 1.165) is 6.42 Å². The SMILES string of the molecule is CCCNS(=O)(=O)N(CC)CCN. The number of hydrogen-bond acceptors (Lipinski definition) is 3. The van der Waals surface area contributed by atoms with Gasteiger partial charge in [0, 0.05) is 26.2 Å². The highest BCUT2D eigenvalue weighted by molar-refractivity contribution is 7.87. The van der Waals surface area contributed by atoms with Crippen molar-refractivity contribution in [1.82, 2.24) is 9.03 Å². The standard InChI is InChI=1S/C7H19N3O2S/c1-3-6-9-13(11,12)10(4-2)7-5-8/h9H,3-8H2,1-2H3. The van der Waals surface area contributed by atoms with Gasteiger partial charge in [0.15, 0.2) is 0 Å². The van der Waals surface area contributed by atoms with Crippen molar-refractivity contribution in [2.45, 2.75) is 20.3 Å². The lowest BCUT2D eigenvalue weighted by Gasteiger charge is -2.19. The summed E-state index contributed by atoms with van der Waals surface area (Å²) in [5, 5.41) is 0. The van der Waals surface area contributed by atoms with Gasteiger partial charge in [-0.05, 0) is 6.42 Å². The van der Waals surface area contributed by atoms with Crippen LogP contribution in [0.5, 0.6) is 0 Å². The summed E-state index contributed by atoms with van der Waals surface area (Å²) in [4.78, 5) is 0. The Bertz CT molecular complexity index is 216. The van der Waals surface area contributed by atoms with Crippen LogP contribution in [-0.4, -0.2) is 38.9 Å². The molecule has 0 heterocycles. The average molecular weight is 209 g/mol. The Hall–Kier alpha value is -0.170. The van der Waals surface area contributed by atoms with E-state index in [1.165, 1.54) is 4.31 Å². The lowest BCUT2D eigenvalue weighted by Crippen LogP contribution is -2.43. The number of nitrogens with two attached hydrogens (primary N) is 1. The lowest BCUT2D eigenvalue weighted by atomic mass is 10.5. The van der Waals surface area contributed by atoms with Crippen LogP contribution in [0.4, 0.5) is 0 Å². The molecule has 0 aromatic rings. The molecule has 0 saturated carbocycles. The molecular weight excluding hydrogens is 190 g/mol. The van der Waals surface area contributed by atoms with E-state index in [1.807, 2.05) is 6.92 Å². The van der Waals surface area contributed by atoms with Crippen molar-refractivity contribution in [2.24, 2.45) is 5.73 Å². The third-order valence-electron chi connectivity index (χ3n) is 1.61. The fraction of sp³-hybridized carbons (Fsp3) is 1.00. The number of nitrogens with zero attached hydrogens (tertiary/aromatic N) is 1. The number of hydrogen-bond donors (Lipinski definition) is 2. The van der Waals surface area contributed by atoms with Crippen LogP contribution < -0.4 is 10.5 Å². The van der Waals surface area contributed by atoms with Crippen LogP contribution in [0.1, 0.15) is 20.3 Å². The number of nitrogens with one attached hydrogen (secondary N) is 1. The van der Waals surface area contributed by atoms with Gasteiger partial charge < -0.3 is 5.73 Å². The maximum Gasteiger partial charge on any atom is 0.279 e. The molecule has 5 nitrogen and oxygen atoms in total. The van der Waals surface area contributed by atoms with Crippen LogP contribution in [0.25, 0.3) is 0 Å². The van der Waals surface area contributed by atoms with E-state index in [2.05, 4.69) is 4.72 Å². The second kappa shape index (κ2) is 6.31. The van der Waals surface area contributed by atoms with Gasteiger partial charge in [0.25, 0.3) is 10.2 Å². The molecule has 3 N–H and O–H groups in total. The summed E-state index contributed by atoms with van der Waals surface area (Å²) < 4.78 is 26.8. The smallest absolute Gasteiger partial charge is 0.279 e. The summed E-state index contributed by atoms with van der Waals surface area (Å²) in [6.07, 6.45) is 0.791. The summed E-state index contributed by atoms with van der Waals surface area (Å²) >= 11 is 0. The van der Waals surface area contributed by atoms with E-state index < -0.39 is 10.2 Å². The molecule has 0 radical (unpaired) electrons. The zero-order valence-electron chi connectivity index (χ0n) is 8.28. The van der Waals surface area contributed by atoms with Gasteiger partial charge in [0.05, 0.1) is 0 Å². The van der Waals surface area contributed by atoms with Crippen molar-refractivity contribution in [3.05, 3.63) is 0 Å². The van der Waals surface area contributed by atoms with Gasteiger partial charge in [-0.1, -0.05) is 13.8 Å². The van der Waals surface area contributed by atoms with Crippen LogP contribution in [-0.2, 0) is 10.2 Å². The minimum Gasteiger partial charge on any atom is -0.329 e. The molecule has 0 aromatic heterocycles. The molecule has 0 amide bonds. The van der Waals surface area contributed by atoms with Crippen molar-refractivity contribution in [3.63, 3.8) is 0 Å². The lowest BCUT2D eigenvalue weighted by molar-refractivity contribution is 0.426. The fourth-order valence-electron chi connectivity index (χ4n) is 0.915. The van der Waals surface area contributed by atoms with E-state index in [9.17, 15) is 8.42 Å². The third-order valence-corrected chi connectivity index (χ3v) is 3.30. The fourth-order valence-corrected chi connectivity index (χ4v) is 2.24. The summed E-state index contributed by atoms with van der Waals surface area (Å²) in [5.74, 6) is 0. The third kappa shape index (κ3) is 4.56. The van der Waals surface area contributed by atoms with Crippen molar-refractivity contribution >= 4 is 10.2 Å². The van der Waals surface area contributed by atoms with Crippen LogP contribution in [0.15, 0.2) is 0 Å². The van der Waals surface area contributed by atoms with Gasteiger partial charge in [0.1, 0.15) is 0 Å². The van der Waals surface area contributed by atoms with Crippen molar-refractivity contribution in [3.8, 4) is 0 Å². The molecule has 0 atom stereocenters. The molecule has 0 fully saturated rings. The molecule has 0 spiro atoms. The van der Waals surface area contributed by atoms with Gasteiger partial charge in [-0.15, -0.1) is 0 Å². The maximum atomic E-state index is 11.5. The van der Waals surface area contributed by atoms with Crippen molar-refractivity contribution in [1.29, 1.82) is 0 Å². The first-order chi connectivity index (χ1) is 6.08. The molecule has 6 heteroatoms. The number of likely N-dealkylation sites (N-methyl/N-ethyl adjacent to an activating group) is 1. The minimum absolute atomic E-state index is 0.348. The second-order valence-corrected chi connectivity index (χ2v) is 4.43. The highest BCUT2D eigenvalue weighted by Gasteiger charge is 2.17. The normalized spacial score (nSPS) is 12.3. The first kappa shape index (κ1) is 12.8. The Morgan fingerprint density at radius 3 is 2.38 bits per heavy atom. The molecule has 0 rings (SSSR count).